The molecule has 0 saturated heterocycles. The minimum Gasteiger partial charge on any atom is -0.385 e. The molecule has 2 rings (SSSR count). The molecule has 0 fully saturated rings. The van der Waals surface area contributed by atoms with E-state index < -0.39 is 0 Å². The SMILES string of the molecule is CC(=O)c1cccc(NC(=O)c2cc(NCC(C)C)ccn2)c1. The minimum atomic E-state index is -0.307. The molecule has 0 spiro atoms. The molecule has 0 radical (unpaired) electrons. The molecule has 0 bridgehead atoms. The number of hydrogen-bond acceptors (Lipinski definition) is 4. The summed E-state index contributed by atoms with van der Waals surface area (Å²) in [5, 5.41) is 6.03. The number of pyridine rings is 1. The number of aromatic nitrogens is 1. The first-order valence-electron chi connectivity index (χ1n) is 7.58. The highest BCUT2D eigenvalue weighted by Gasteiger charge is 2.09. The maximum Gasteiger partial charge on any atom is 0.274 e. The van der Waals surface area contributed by atoms with Crippen molar-refractivity contribution >= 4 is 23.1 Å². The smallest absolute Gasteiger partial charge is 0.274 e. The van der Waals surface area contributed by atoms with E-state index in [0.29, 0.717) is 22.9 Å². The molecule has 1 amide bonds. The van der Waals surface area contributed by atoms with Crippen LogP contribution in [0.2, 0.25) is 0 Å². The number of amides is 1. The average molecular weight is 311 g/mol. The van der Waals surface area contributed by atoms with Gasteiger partial charge in [-0.3, -0.25) is 14.6 Å². The van der Waals surface area contributed by atoms with Crippen LogP contribution >= 0.6 is 0 Å². The third-order valence-corrected chi connectivity index (χ3v) is 3.23. The Balaban J connectivity index is 2.10. The van der Waals surface area contributed by atoms with Gasteiger partial charge in [-0.1, -0.05) is 26.0 Å². The van der Waals surface area contributed by atoms with Gasteiger partial charge in [-0.15, -0.1) is 0 Å². The van der Waals surface area contributed by atoms with E-state index in [-0.39, 0.29) is 11.7 Å². The summed E-state index contributed by atoms with van der Waals surface area (Å²) < 4.78 is 0. The molecule has 1 aromatic carbocycles. The fourth-order valence-electron chi connectivity index (χ4n) is 2.00. The number of ketones is 1. The molecule has 0 aliphatic rings. The van der Waals surface area contributed by atoms with Gasteiger partial charge in [-0.2, -0.15) is 0 Å². The predicted molar refractivity (Wildman–Crippen MR) is 92.0 cm³/mol. The van der Waals surface area contributed by atoms with Crippen molar-refractivity contribution in [2.24, 2.45) is 5.92 Å². The van der Waals surface area contributed by atoms with E-state index in [9.17, 15) is 9.59 Å². The van der Waals surface area contributed by atoms with Crippen molar-refractivity contribution in [2.45, 2.75) is 20.8 Å². The Labute approximate surface area is 136 Å². The zero-order chi connectivity index (χ0) is 16.8. The van der Waals surface area contributed by atoms with E-state index in [2.05, 4.69) is 29.5 Å². The lowest BCUT2D eigenvalue weighted by atomic mass is 10.1. The second-order valence-electron chi connectivity index (χ2n) is 5.80. The highest BCUT2D eigenvalue weighted by atomic mass is 16.2. The zero-order valence-corrected chi connectivity index (χ0v) is 13.6. The lowest BCUT2D eigenvalue weighted by molar-refractivity contribution is 0.100. The standard InChI is InChI=1S/C18H21N3O2/c1-12(2)11-20-15-7-8-19-17(10-15)18(23)21-16-6-4-5-14(9-16)13(3)22/h4-10,12H,11H2,1-3H3,(H,19,20)(H,21,23). The van der Waals surface area contributed by atoms with Gasteiger partial charge in [0.05, 0.1) is 0 Å². The Morgan fingerprint density at radius 2 is 1.91 bits per heavy atom. The lowest BCUT2D eigenvalue weighted by Crippen LogP contribution is -2.15. The molecule has 0 aliphatic heterocycles. The number of carbonyl (C=O) groups excluding carboxylic acids is 2. The predicted octanol–water partition coefficient (Wildman–Crippen LogP) is 3.60. The number of rotatable bonds is 6. The van der Waals surface area contributed by atoms with Gasteiger partial charge in [0.2, 0.25) is 0 Å². The highest BCUT2D eigenvalue weighted by molar-refractivity contribution is 6.04. The molecule has 0 saturated carbocycles. The number of Topliss-reactive ketones (excluding diaryl/α,β-unsaturated/α-hetero) is 1. The van der Waals surface area contributed by atoms with Crippen LogP contribution < -0.4 is 10.6 Å². The van der Waals surface area contributed by atoms with E-state index in [4.69, 9.17) is 0 Å². The summed E-state index contributed by atoms with van der Waals surface area (Å²) in [4.78, 5) is 27.8. The van der Waals surface area contributed by atoms with Crippen LogP contribution in [0.4, 0.5) is 11.4 Å². The molecule has 2 N–H and O–H groups in total. The molecule has 5 nitrogen and oxygen atoms in total. The quantitative estimate of drug-likeness (QED) is 0.800. The van der Waals surface area contributed by atoms with Gasteiger partial charge in [0.1, 0.15) is 5.69 Å². The zero-order valence-electron chi connectivity index (χ0n) is 13.6. The van der Waals surface area contributed by atoms with Gasteiger partial charge < -0.3 is 10.6 Å². The van der Waals surface area contributed by atoms with Crippen molar-refractivity contribution in [1.82, 2.24) is 4.98 Å². The molecule has 120 valence electrons. The summed E-state index contributed by atoms with van der Waals surface area (Å²) in [5.41, 5.74) is 2.32. The second kappa shape index (κ2) is 7.54. The normalized spacial score (nSPS) is 10.4. The summed E-state index contributed by atoms with van der Waals surface area (Å²) in [6.07, 6.45) is 1.60. The molecule has 23 heavy (non-hydrogen) atoms. The van der Waals surface area contributed by atoms with Crippen LogP contribution in [0.3, 0.4) is 0 Å². The first-order valence-corrected chi connectivity index (χ1v) is 7.58. The summed E-state index contributed by atoms with van der Waals surface area (Å²) >= 11 is 0. The van der Waals surface area contributed by atoms with Crippen LogP contribution in [0.1, 0.15) is 41.6 Å². The van der Waals surface area contributed by atoms with E-state index in [1.165, 1.54) is 6.92 Å². The largest absolute Gasteiger partial charge is 0.385 e. The first kappa shape index (κ1) is 16.7. The van der Waals surface area contributed by atoms with Crippen molar-refractivity contribution < 1.29 is 9.59 Å². The van der Waals surface area contributed by atoms with Crippen molar-refractivity contribution in [3.05, 3.63) is 53.9 Å². The maximum atomic E-state index is 12.3. The van der Waals surface area contributed by atoms with Crippen molar-refractivity contribution in [1.29, 1.82) is 0 Å². The van der Waals surface area contributed by atoms with Gasteiger partial charge in [0.15, 0.2) is 5.78 Å². The van der Waals surface area contributed by atoms with E-state index in [0.717, 1.165) is 12.2 Å². The van der Waals surface area contributed by atoms with Crippen molar-refractivity contribution in [3.8, 4) is 0 Å². The Kier molecular flexibility index (Phi) is 5.46. The van der Waals surface area contributed by atoms with Crippen LogP contribution in [0.5, 0.6) is 0 Å². The van der Waals surface area contributed by atoms with E-state index in [1.54, 1.807) is 36.5 Å². The van der Waals surface area contributed by atoms with E-state index in [1.807, 2.05) is 6.07 Å². The van der Waals surface area contributed by atoms with E-state index >= 15 is 0 Å². The van der Waals surface area contributed by atoms with Crippen LogP contribution in [0.25, 0.3) is 0 Å². The summed E-state index contributed by atoms with van der Waals surface area (Å²) in [6.45, 7) is 6.55. The van der Waals surface area contributed by atoms with Crippen LogP contribution in [-0.2, 0) is 0 Å². The Morgan fingerprint density at radius 3 is 2.61 bits per heavy atom. The van der Waals surface area contributed by atoms with Crippen molar-refractivity contribution in [3.63, 3.8) is 0 Å². The number of benzene rings is 1. The molecular formula is C18H21N3O2. The highest BCUT2D eigenvalue weighted by Crippen LogP contribution is 2.14. The Bertz CT molecular complexity index is 711. The summed E-state index contributed by atoms with van der Waals surface area (Å²) in [6, 6.07) is 10.4. The third kappa shape index (κ3) is 4.92. The lowest BCUT2D eigenvalue weighted by Gasteiger charge is -2.10. The molecule has 0 atom stereocenters. The fraction of sp³-hybridized carbons (Fsp3) is 0.278. The van der Waals surface area contributed by atoms with Gasteiger partial charge in [0, 0.05) is 29.7 Å². The molecule has 5 heteroatoms. The Morgan fingerprint density at radius 1 is 1.13 bits per heavy atom. The molecular weight excluding hydrogens is 290 g/mol. The van der Waals surface area contributed by atoms with Crippen LogP contribution in [0.15, 0.2) is 42.6 Å². The fourth-order valence-corrected chi connectivity index (χ4v) is 2.00. The van der Waals surface area contributed by atoms with Gasteiger partial charge >= 0.3 is 0 Å². The van der Waals surface area contributed by atoms with Gasteiger partial charge in [-0.25, -0.2) is 0 Å². The second-order valence-corrected chi connectivity index (χ2v) is 5.80. The summed E-state index contributed by atoms with van der Waals surface area (Å²) in [5.74, 6) is 0.160. The molecule has 2 aromatic rings. The number of nitrogens with one attached hydrogen (secondary N) is 2. The average Bonchev–Trinajstić information content (AvgIpc) is 2.53. The number of carbonyl (C=O) groups is 2. The Hall–Kier alpha value is -2.69. The molecule has 0 aliphatic carbocycles. The minimum absolute atomic E-state index is 0.0425. The first-order chi connectivity index (χ1) is 11.0. The van der Waals surface area contributed by atoms with Crippen LogP contribution in [-0.4, -0.2) is 23.2 Å². The molecule has 1 aromatic heterocycles. The topological polar surface area (TPSA) is 71.1 Å². The molecule has 0 unspecified atom stereocenters. The summed E-state index contributed by atoms with van der Waals surface area (Å²) in [7, 11) is 0. The molecule has 1 heterocycles. The van der Waals surface area contributed by atoms with Gasteiger partial charge in [0.25, 0.3) is 5.91 Å². The van der Waals surface area contributed by atoms with Crippen LogP contribution in [0, 0.1) is 5.92 Å². The van der Waals surface area contributed by atoms with Crippen molar-refractivity contribution in [2.75, 3.05) is 17.2 Å². The number of hydrogen-bond donors (Lipinski definition) is 2. The monoisotopic (exact) mass is 311 g/mol. The van der Waals surface area contributed by atoms with Gasteiger partial charge in [-0.05, 0) is 37.1 Å². The number of anilines is 2. The number of nitrogens with zero attached hydrogens (tertiary/aromatic N) is 1. The maximum absolute atomic E-state index is 12.3. The third-order valence-electron chi connectivity index (χ3n) is 3.23.